The molecule has 0 atom stereocenters. The summed E-state index contributed by atoms with van der Waals surface area (Å²) in [7, 11) is 0. The van der Waals surface area contributed by atoms with E-state index in [4.69, 9.17) is 11.6 Å². The SMILES string of the molecule is CCCCC(=O)Nc1ccc(N2CCCCC2)c(Cl)c1. The molecular weight excluding hydrogens is 272 g/mol. The Morgan fingerprint density at radius 2 is 2.05 bits per heavy atom. The number of nitrogens with one attached hydrogen (secondary N) is 1. The highest BCUT2D eigenvalue weighted by molar-refractivity contribution is 6.33. The Morgan fingerprint density at radius 1 is 1.30 bits per heavy atom. The molecule has 1 fully saturated rings. The summed E-state index contributed by atoms with van der Waals surface area (Å²) in [4.78, 5) is 14.0. The van der Waals surface area contributed by atoms with E-state index in [-0.39, 0.29) is 5.91 Å². The molecule has 1 aliphatic rings. The van der Waals surface area contributed by atoms with Crippen molar-refractivity contribution in [1.82, 2.24) is 0 Å². The molecule has 0 spiro atoms. The molecule has 0 aliphatic carbocycles. The third kappa shape index (κ3) is 4.14. The van der Waals surface area contributed by atoms with Crippen LogP contribution in [0.15, 0.2) is 18.2 Å². The number of carbonyl (C=O) groups excluding carboxylic acids is 1. The number of nitrogens with zero attached hydrogens (tertiary/aromatic N) is 1. The molecule has 0 aromatic heterocycles. The summed E-state index contributed by atoms with van der Waals surface area (Å²) in [6.07, 6.45) is 6.28. The fraction of sp³-hybridized carbons (Fsp3) is 0.562. The molecule has 1 heterocycles. The van der Waals surface area contributed by atoms with E-state index in [9.17, 15) is 4.79 Å². The molecule has 1 aromatic rings. The van der Waals surface area contributed by atoms with Crippen LogP contribution in [-0.4, -0.2) is 19.0 Å². The average Bonchev–Trinajstić information content (AvgIpc) is 2.46. The van der Waals surface area contributed by atoms with E-state index in [1.54, 1.807) is 0 Å². The zero-order chi connectivity index (χ0) is 14.4. The van der Waals surface area contributed by atoms with E-state index in [2.05, 4.69) is 17.1 Å². The summed E-state index contributed by atoms with van der Waals surface area (Å²) in [5.74, 6) is 0.0636. The molecule has 3 nitrogen and oxygen atoms in total. The Hall–Kier alpha value is -1.22. The van der Waals surface area contributed by atoms with Gasteiger partial charge in [-0.1, -0.05) is 24.9 Å². The predicted octanol–water partition coefficient (Wildman–Crippen LogP) is 4.46. The van der Waals surface area contributed by atoms with Gasteiger partial charge >= 0.3 is 0 Å². The van der Waals surface area contributed by atoms with Crippen LogP contribution in [0.3, 0.4) is 0 Å². The third-order valence-corrected chi connectivity index (χ3v) is 3.99. The number of anilines is 2. The molecule has 0 saturated carbocycles. The maximum atomic E-state index is 11.7. The average molecular weight is 295 g/mol. The molecule has 1 saturated heterocycles. The second kappa shape index (κ2) is 7.53. The Bertz CT molecular complexity index is 456. The van der Waals surface area contributed by atoms with Crippen LogP contribution >= 0.6 is 11.6 Å². The van der Waals surface area contributed by atoms with Crippen LogP contribution < -0.4 is 10.2 Å². The van der Waals surface area contributed by atoms with Crippen molar-refractivity contribution in [3.8, 4) is 0 Å². The second-order valence-electron chi connectivity index (χ2n) is 5.37. The third-order valence-electron chi connectivity index (χ3n) is 3.69. The van der Waals surface area contributed by atoms with Gasteiger partial charge in [-0.25, -0.2) is 0 Å². The van der Waals surface area contributed by atoms with E-state index in [1.165, 1.54) is 19.3 Å². The van der Waals surface area contributed by atoms with Crippen LogP contribution in [0.1, 0.15) is 45.4 Å². The van der Waals surface area contributed by atoms with E-state index < -0.39 is 0 Å². The van der Waals surface area contributed by atoms with Crippen molar-refractivity contribution in [2.45, 2.75) is 45.4 Å². The van der Waals surface area contributed by atoms with Gasteiger partial charge in [-0.05, 0) is 43.9 Å². The van der Waals surface area contributed by atoms with Crippen LogP contribution in [0, 0.1) is 0 Å². The van der Waals surface area contributed by atoms with E-state index in [1.807, 2.05) is 18.2 Å². The first kappa shape index (κ1) is 15.2. The van der Waals surface area contributed by atoms with Crippen LogP contribution in [0.4, 0.5) is 11.4 Å². The van der Waals surface area contributed by atoms with Gasteiger partial charge in [0.1, 0.15) is 0 Å². The molecule has 2 rings (SSSR count). The van der Waals surface area contributed by atoms with Crippen molar-refractivity contribution >= 4 is 28.9 Å². The Kier molecular flexibility index (Phi) is 5.72. The largest absolute Gasteiger partial charge is 0.370 e. The lowest BCUT2D eigenvalue weighted by atomic mass is 10.1. The zero-order valence-electron chi connectivity index (χ0n) is 12.1. The van der Waals surface area contributed by atoms with Crippen molar-refractivity contribution in [1.29, 1.82) is 0 Å². The first-order valence-electron chi connectivity index (χ1n) is 7.55. The van der Waals surface area contributed by atoms with Gasteiger partial charge in [-0.2, -0.15) is 0 Å². The van der Waals surface area contributed by atoms with E-state index >= 15 is 0 Å². The minimum Gasteiger partial charge on any atom is -0.370 e. The molecular formula is C16H23ClN2O. The number of unbranched alkanes of at least 4 members (excludes halogenated alkanes) is 1. The molecule has 0 radical (unpaired) electrons. The van der Waals surface area contributed by atoms with Gasteiger partial charge in [0.05, 0.1) is 10.7 Å². The number of hydrogen-bond donors (Lipinski definition) is 1. The summed E-state index contributed by atoms with van der Waals surface area (Å²) in [6.45, 7) is 4.22. The van der Waals surface area contributed by atoms with Crippen molar-refractivity contribution in [2.75, 3.05) is 23.3 Å². The molecule has 1 aromatic carbocycles. The van der Waals surface area contributed by atoms with E-state index in [0.29, 0.717) is 6.42 Å². The maximum absolute atomic E-state index is 11.7. The fourth-order valence-electron chi connectivity index (χ4n) is 2.54. The minimum absolute atomic E-state index is 0.0636. The highest BCUT2D eigenvalue weighted by atomic mass is 35.5. The Balaban J connectivity index is 1.99. The van der Waals surface area contributed by atoms with Crippen LogP contribution in [0.25, 0.3) is 0 Å². The topological polar surface area (TPSA) is 32.3 Å². The first-order valence-corrected chi connectivity index (χ1v) is 7.93. The van der Waals surface area contributed by atoms with Gasteiger partial charge in [0.25, 0.3) is 0 Å². The fourth-order valence-corrected chi connectivity index (χ4v) is 2.84. The Labute approximate surface area is 126 Å². The van der Waals surface area contributed by atoms with Crippen molar-refractivity contribution in [3.63, 3.8) is 0 Å². The summed E-state index contributed by atoms with van der Waals surface area (Å²) < 4.78 is 0. The van der Waals surface area contributed by atoms with Crippen LogP contribution in [0.5, 0.6) is 0 Å². The number of rotatable bonds is 5. The molecule has 1 amide bonds. The van der Waals surface area contributed by atoms with Gasteiger partial charge in [0.2, 0.25) is 5.91 Å². The van der Waals surface area contributed by atoms with E-state index in [0.717, 1.165) is 42.3 Å². The van der Waals surface area contributed by atoms with Gasteiger partial charge in [-0.15, -0.1) is 0 Å². The molecule has 110 valence electrons. The van der Waals surface area contributed by atoms with Crippen molar-refractivity contribution in [3.05, 3.63) is 23.2 Å². The summed E-state index contributed by atoms with van der Waals surface area (Å²) in [6, 6.07) is 5.82. The quantitative estimate of drug-likeness (QED) is 0.869. The van der Waals surface area contributed by atoms with Gasteiger partial charge in [0, 0.05) is 25.2 Å². The standard InChI is InChI=1S/C16H23ClN2O/c1-2-3-7-16(20)18-13-8-9-15(14(17)12-13)19-10-5-4-6-11-19/h8-9,12H,2-7,10-11H2,1H3,(H,18,20). The second-order valence-corrected chi connectivity index (χ2v) is 5.77. The van der Waals surface area contributed by atoms with Crippen LogP contribution in [0.2, 0.25) is 5.02 Å². The minimum atomic E-state index is 0.0636. The number of hydrogen-bond acceptors (Lipinski definition) is 2. The molecule has 1 aliphatic heterocycles. The number of benzene rings is 1. The normalized spacial score (nSPS) is 15.2. The van der Waals surface area contributed by atoms with Gasteiger partial charge in [-0.3, -0.25) is 4.79 Å². The summed E-state index contributed by atoms with van der Waals surface area (Å²) in [5.41, 5.74) is 1.87. The molecule has 0 unspecified atom stereocenters. The lowest BCUT2D eigenvalue weighted by molar-refractivity contribution is -0.116. The Morgan fingerprint density at radius 3 is 2.70 bits per heavy atom. The van der Waals surface area contributed by atoms with Crippen LogP contribution in [-0.2, 0) is 4.79 Å². The number of halogens is 1. The number of carbonyl (C=O) groups is 1. The number of amides is 1. The zero-order valence-corrected chi connectivity index (χ0v) is 12.9. The van der Waals surface area contributed by atoms with Crippen molar-refractivity contribution in [2.24, 2.45) is 0 Å². The highest BCUT2D eigenvalue weighted by Crippen LogP contribution is 2.30. The summed E-state index contributed by atoms with van der Waals surface area (Å²) >= 11 is 6.36. The molecule has 4 heteroatoms. The maximum Gasteiger partial charge on any atom is 0.224 e. The van der Waals surface area contributed by atoms with Gasteiger partial charge < -0.3 is 10.2 Å². The van der Waals surface area contributed by atoms with Gasteiger partial charge in [0.15, 0.2) is 0 Å². The highest BCUT2D eigenvalue weighted by Gasteiger charge is 2.14. The predicted molar refractivity (Wildman–Crippen MR) is 85.7 cm³/mol. The van der Waals surface area contributed by atoms with Crippen molar-refractivity contribution < 1.29 is 4.79 Å². The summed E-state index contributed by atoms with van der Waals surface area (Å²) in [5, 5.41) is 3.63. The smallest absolute Gasteiger partial charge is 0.224 e. The molecule has 1 N–H and O–H groups in total. The number of piperidine rings is 1. The lowest BCUT2D eigenvalue weighted by Gasteiger charge is -2.29. The lowest BCUT2D eigenvalue weighted by Crippen LogP contribution is -2.29. The first-order chi connectivity index (χ1) is 9.70. The molecule has 0 bridgehead atoms. The molecule has 20 heavy (non-hydrogen) atoms. The monoisotopic (exact) mass is 294 g/mol.